The Hall–Kier alpha value is -1.81. The van der Waals surface area contributed by atoms with Crippen LogP contribution in [-0.4, -0.2) is 36.0 Å². The van der Waals surface area contributed by atoms with E-state index in [0.29, 0.717) is 6.42 Å². The number of rotatable bonds is 4. The van der Waals surface area contributed by atoms with Gasteiger partial charge in [-0.15, -0.1) is 0 Å². The SMILES string of the molecule is N#Cc1cc2c(nc1N(CCO)CC(F)(F)F)CCCC2. The number of fused-ring (bicyclic) bond motifs is 1. The minimum Gasteiger partial charge on any atom is -0.395 e. The third-order valence-electron chi connectivity index (χ3n) is 3.44. The van der Waals surface area contributed by atoms with Gasteiger partial charge in [0.05, 0.1) is 12.2 Å². The summed E-state index contributed by atoms with van der Waals surface area (Å²) < 4.78 is 38.0. The van der Waals surface area contributed by atoms with Gasteiger partial charge in [0.15, 0.2) is 0 Å². The van der Waals surface area contributed by atoms with Crippen molar-refractivity contribution in [2.45, 2.75) is 31.9 Å². The molecule has 0 aromatic carbocycles. The van der Waals surface area contributed by atoms with Crippen molar-refractivity contribution >= 4 is 5.82 Å². The topological polar surface area (TPSA) is 60.2 Å². The smallest absolute Gasteiger partial charge is 0.395 e. The van der Waals surface area contributed by atoms with Crippen LogP contribution in [0.3, 0.4) is 0 Å². The summed E-state index contributed by atoms with van der Waals surface area (Å²) in [7, 11) is 0. The largest absolute Gasteiger partial charge is 0.405 e. The highest BCUT2D eigenvalue weighted by atomic mass is 19.4. The molecule has 0 fully saturated rings. The number of pyridine rings is 1. The molecular formula is C14H16F3N3O. The fourth-order valence-electron chi connectivity index (χ4n) is 2.54. The van der Waals surface area contributed by atoms with E-state index in [-0.39, 0.29) is 17.9 Å². The maximum atomic E-state index is 12.7. The van der Waals surface area contributed by atoms with Gasteiger partial charge in [-0.05, 0) is 37.3 Å². The first-order valence-corrected chi connectivity index (χ1v) is 6.80. The zero-order valence-corrected chi connectivity index (χ0v) is 11.4. The van der Waals surface area contributed by atoms with Gasteiger partial charge < -0.3 is 10.0 Å². The van der Waals surface area contributed by atoms with Crippen LogP contribution >= 0.6 is 0 Å². The number of aromatic nitrogens is 1. The fourth-order valence-corrected chi connectivity index (χ4v) is 2.54. The predicted octanol–water partition coefficient (Wildman–Crippen LogP) is 2.19. The fraction of sp³-hybridized carbons (Fsp3) is 0.571. The zero-order chi connectivity index (χ0) is 15.5. The van der Waals surface area contributed by atoms with Crippen molar-refractivity contribution in [1.82, 2.24) is 4.98 Å². The van der Waals surface area contributed by atoms with Gasteiger partial charge in [0.2, 0.25) is 0 Å². The van der Waals surface area contributed by atoms with Crippen LogP contribution in [0.25, 0.3) is 0 Å². The highest BCUT2D eigenvalue weighted by Gasteiger charge is 2.32. The molecular weight excluding hydrogens is 283 g/mol. The summed E-state index contributed by atoms with van der Waals surface area (Å²) in [5, 5.41) is 18.2. The molecule has 0 unspecified atom stereocenters. The van der Waals surface area contributed by atoms with Crippen LogP contribution in [0.1, 0.15) is 29.7 Å². The van der Waals surface area contributed by atoms with Gasteiger partial charge in [0.25, 0.3) is 0 Å². The maximum Gasteiger partial charge on any atom is 0.405 e. The number of hydrogen-bond donors (Lipinski definition) is 1. The molecule has 4 nitrogen and oxygen atoms in total. The number of aryl methyl sites for hydroxylation is 2. The molecule has 0 radical (unpaired) electrons. The highest BCUT2D eigenvalue weighted by Crippen LogP contribution is 2.28. The van der Waals surface area contributed by atoms with Gasteiger partial charge in [-0.25, -0.2) is 4.98 Å². The first kappa shape index (κ1) is 15.6. The lowest BCUT2D eigenvalue weighted by Crippen LogP contribution is -2.37. The Balaban J connectivity index is 2.41. The van der Waals surface area contributed by atoms with E-state index in [9.17, 15) is 18.4 Å². The van der Waals surface area contributed by atoms with Crippen molar-refractivity contribution in [3.05, 3.63) is 22.9 Å². The molecule has 1 aromatic rings. The number of nitrogens with zero attached hydrogens (tertiary/aromatic N) is 3. The Morgan fingerprint density at radius 2 is 2.05 bits per heavy atom. The lowest BCUT2D eigenvalue weighted by molar-refractivity contribution is -0.120. The predicted molar refractivity (Wildman–Crippen MR) is 70.9 cm³/mol. The van der Waals surface area contributed by atoms with Crippen molar-refractivity contribution in [3.63, 3.8) is 0 Å². The molecule has 21 heavy (non-hydrogen) atoms. The summed E-state index contributed by atoms with van der Waals surface area (Å²) in [5.41, 5.74) is 1.84. The number of aliphatic hydroxyl groups excluding tert-OH is 1. The molecule has 1 aliphatic carbocycles. The van der Waals surface area contributed by atoms with E-state index in [1.807, 2.05) is 6.07 Å². The number of aliphatic hydroxyl groups is 1. The van der Waals surface area contributed by atoms with Crippen molar-refractivity contribution in [2.75, 3.05) is 24.6 Å². The quantitative estimate of drug-likeness (QED) is 0.926. The van der Waals surface area contributed by atoms with E-state index < -0.39 is 19.3 Å². The first-order chi connectivity index (χ1) is 9.94. The zero-order valence-electron chi connectivity index (χ0n) is 11.4. The molecule has 0 amide bonds. The Bertz CT molecular complexity index is 552. The summed E-state index contributed by atoms with van der Waals surface area (Å²) in [6.07, 6.45) is -0.949. The molecule has 1 N–H and O–H groups in total. The molecule has 0 saturated heterocycles. The normalized spacial score (nSPS) is 14.4. The third-order valence-corrected chi connectivity index (χ3v) is 3.44. The van der Waals surface area contributed by atoms with Gasteiger partial charge in [-0.2, -0.15) is 18.4 Å². The molecule has 0 bridgehead atoms. The first-order valence-electron chi connectivity index (χ1n) is 6.80. The van der Waals surface area contributed by atoms with Gasteiger partial charge in [0, 0.05) is 12.2 Å². The lowest BCUT2D eigenvalue weighted by Gasteiger charge is -2.27. The van der Waals surface area contributed by atoms with Crippen molar-refractivity contribution in [3.8, 4) is 6.07 Å². The molecule has 114 valence electrons. The number of anilines is 1. The average molecular weight is 299 g/mol. The number of hydrogen-bond acceptors (Lipinski definition) is 4. The Morgan fingerprint density at radius 3 is 2.67 bits per heavy atom. The van der Waals surface area contributed by atoms with Crippen molar-refractivity contribution in [1.29, 1.82) is 5.26 Å². The molecule has 1 aromatic heterocycles. The van der Waals surface area contributed by atoms with E-state index in [4.69, 9.17) is 5.11 Å². The third kappa shape index (κ3) is 3.85. The van der Waals surface area contributed by atoms with Crippen LogP contribution in [0, 0.1) is 11.3 Å². The van der Waals surface area contributed by atoms with Crippen molar-refractivity contribution in [2.24, 2.45) is 0 Å². The van der Waals surface area contributed by atoms with Gasteiger partial charge in [-0.3, -0.25) is 0 Å². The van der Waals surface area contributed by atoms with E-state index in [2.05, 4.69) is 4.98 Å². The second-order valence-corrected chi connectivity index (χ2v) is 5.04. The summed E-state index contributed by atoms with van der Waals surface area (Å²) in [4.78, 5) is 5.20. The number of halogens is 3. The lowest BCUT2D eigenvalue weighted by atomic mass is 9.95. The van der Waals surface area contributed by atoms with Gasteiger partial charge in [0.1, 0.15) is 18.4 Å². The molecule has 1 heterocycles. The van der Waals surface area contributed by atoms with Crippen molar-refractivity contribution < 1.29 is 18.3 Å². The molecule has 2 rings (SSSR count). The number of nitriles is 1. The minimum absolute atomic E-state index is 0.0181. The van der Waals surface area contributed by atoms with E-state index in [1.54, 1.807) is 6.07 Å². The molecule has 1 aliphatic rings. The highest BCUT2D eigenvalue weighted by molar-refractivity contribution is 5.56. The van der Waals surface area contributed by atoms with Crippen LogP contribution in [0.4, 0.5) is 19.0 Å². The maximum absolute atomic E-state index is 12.7. The summed E-state index contributed by atoms with van der Waals surface area (Å²) >= 11 is 0. The second kappa shape index (κ2) is 6.31. The Kier molecular flexibility index (Phi) is 4.68. The van der Waals surface area contributed by atoms with E-state index >= 15 is 0 Å². The van der Waals surface area contributed by atoms with Crippen LogP contribution in [0.15, 0.2) is 6.07 Å². The molecule has 0 atom stereocenters. The van der Waals surface area contributed by atoms with Crippen LogP contribution in [0.5, 0.6) is 0 Å². The minimum atomic E-state index is -4.42. The Morgan fingerprint density at radius 1 is 1.33 bits per heavy atom. The second-order valence-electron chi connectivity index (χ2n) is 5.04. The standard InChI is InChI=1S/C14H16F3N3O/c15-14(16,17)9-20(5-6-21)13-11(8-18)7-10-3-1-2-4-12(10)19-13/h7,21H,1-6,9H2. The van der Waals surface area contributed by atoms with Crippen LogP contribution in [0.2, 0.25) is 0 Å². The van der Waals surface area contributed by atoms with Gasteiger partial charge in [-0.1, -0.05) is 0 Å². The van der Waals surface area contributed by atoms with E-state index in [0.717, 1.165) is 35.4 Å². The Labute approximate surface area is 120 Å². The average Bonchev–Trinajstić information content (AvgIpc) is 2.44. The summed E-state index contributed by atoms with van der Waals surface area (Å²) in [6, 6.07) is 3.55. The molecule has 0 saturated carbocycles. The van der Waals surface area contributed by atoms with Crippen LogP contribution in [-0.2, 0) is 12.8 Å². The molecule has 7 heteroatoms. The molecule has 0 aliphatic heterocycles. The van der Waals surface area contributed by atoms with Crippen LogP contribution < -0.4 is 4.90 Å². The summed E-state index contributed by atoms with van der Waals surface area (Å²) in [6.45, 7) is -1.87. The molecule has 0 spiro atoms. The summed E-state index contributed by atoms with van der Waals surface area (Å²) in [5.74, 6) is 0.0181. The van der Waals surface area contributed by atoms with E-state index in [1.165, 1.54) is 0 Å². The number of alkyl halides is 3. The van der Waals surface area contributed by atoms with Gasteiger partial charge >= 0.3 is 6.18 Å². The monoisotopic (exact) mass is 299 g/mol.